The van der Waals surface area contributed by atoms with Gasteiger partial charge in [-0.3, -0.25) is 0 Å². The van der Waals surface area contributed by atoms with Gasteiger partial charge in [-0.1, -0.05) is 5.00 Å². The molecule has 0 aromatic rings. The van der Waals surface area contributed by atoms with E-state index in [0.29, 0.717) is 0 Å². The van der Waals surface area contributed by atoms with Crippen LogP contribution in [0.15, 0.2) is 0 Å². The van der Waals surface area contributed by atoms with Crippen LogP contribution in [0.4, 0.5) is 0 Å². The van der Waals surface area contributed by atoms with Crippen molar-refractivity contribution in [2.24, 2.45) is 0 Å². The van der Waals surface area contributed by atoms with E-state index in [1.807, 2.05) is 0 Å². The number of hydrogen-bond donors (Lipinski definition) is 2. The number of halogens is 1. The van der Waals surface area contributed by atoms with Crippen LogP contribution in [0.1, 0.15) is 0 Å². The molecule has 0 aliphatic heterocycles. The molecule has 6 heavy (non-hydrogen) atoms. The highest BCUT2D eigenvalue weighted by Crippen LogP contribution is 1.63. The third kappa shape index (κ3) is 4.16. The molecule has 0 saturated carbocycles. The standard InChI is InChI=1S/ClH2NO3S/c1-2-5-6(3)4/h2,6H. The van der Waals surface area contributed by atoms with Crippen LogP contribution in [-0.2, 0) is 15.3 Å². The van der Waals surface area contributed by atoms with Crippen LogP contribution in [0, 0.1) is 0 Å². The Balaban J connectivity index is 3.07. The van der Waals surface area contributed by atoms with E-state index in [9.17, 15) is 8.42 Å². The van der Waals surface area contributed by atoms with Crippen LogP contribution < -0.4 is 5.00 Å². The lowest BCUT2D eigenvalue weighted by molar-refractivity contribution is 0.296. The van der Waals surface area contributed by atoms with Crippen LogP contribution in [0.5, 0.6) is 0 Å². The molecule has 0 atom stereocenters. The van der Waals surface area contributed by atoms with Gasteiger partial charge >= 0.3 is 0 Å². The zero-order chi connectivity index (χ0) is 4.99. The van der Waals surface area contributed by atoms with Crippen LogP contribution in [-0.4, -0.2) is 8.42 Å². The van der Waals surface area contributed by atoms with Gasteiger partial charge in [0.15, 0.2) is 0 Å². The molecule has 0 aromatic carbocycles. The molecule has 1 N–H and O–H groups in total. The van der Waals surface area contributed by atoms with Crippen molar-refractivity contribution in [3.63, 3.8) is 0 Å². The molecular formula is H2ClNO3S. The molecule has 0 rings (SSSR count). The summed E-state index contributed by atoms with van der Waals surface area (Å²) in [5.41, 5.74) is 0. The highest BCUT2D eigenvalue weighted by atomic mass is 35.5. The normalized spacial score (nSPS) is 9.67. The maximum Gasteiger partial charge on any atom is 0.274 e. The minimum absolute atomic E-state index is 1.44. The van der Waals surface area contributed by atoms with Crippen LogP contribution in [0.25, 0.3) is 0 Å². The molecule has 4 nitrogen and oxygen atoms in total. The summed E-state index contributed by atoms with van der Waals surface area (Å²) in [4.78, 5) is 1.44. The first-order chi connectivity index (χ1) is 2.77. The second-order valence-electron chi connectivity index (χ2n) is 0.392. The average Bonchev–Trinajstić information content (AvgIpc) is 1.35. The first-order valence-electron chi connectivity index (χ1n) is 0.941. The zero-order valence-electron chi connectivity index (χ0n) is 2.55. The summed E-state index contributed by atoms with van der Waals surface area (Å²) < 4.78 is 22.0. The second kappa shape index (κ2) is 3.35. The Labute approximate surface area is 41.3 Å². The summed E-state index contributed by atoms with van der Waals surface area (Å²) in [5, 5.41) is 0. The van der Waals surface area contributed by atoms with Crippen molar-refractivity contribution >= 4 is 22.8 Å². The topological polar surface area (TPSA) is 55.4 Å². The fourth-order valence-electron chi connectivity index (χ4n) is 0.0282. The summed E-state index contributed by atoms with van der Waals surface area (Å²) in [5.74, 6) is 0. The maximum atomic E-state index is 9.27. The molecule has 6 heteroatoms. The second-order valence-corrected chi connectivity index (χ2v) is 1.18. The molecule has 0 spiro atoms. The lowest BCUT2D eigenvalue weighted by Crippen LogP contribution is -1.96. The van der Waals surface area contributed by atoms with E-state index >= 15 is 0 Å². The molecule has 0 aromatic heterocycles. The van der Waals surface area contributed by atoms with Gasteiger partial charge in [-0.2, -0.15) is 4.28 Å². The lowest BCUT2D eigenvalue weighted by atomic mass is 13.5. The Morgan fingerprint density at radius 1 is 1.67 bits per heavy atom. The van der Waals surface area contributed by atoms with Crippen molar-refractivity contribution in [2.45, 2.75) is 0 Å². The van der Waals surface area contributed by atoms with Gasteiger partial charge in [0.2, 0.25) is 0 Å². The zero-order valence-corrected chi connectivity index (χ0v) is 4.20. The predicted molar refractivity (Wildman–Crippen MR) is 20.4 cm³/mol. The van der Waals surface area contributed by atoms with Gasteiger partial charge in [-0.15, -0.1) is 0 Å². The van der Waals surface area contributed by atoms with E-state index in [1.165, 1.54) is 5.00 Å². The van der Waals surface area contributed by atoms with Gasteiger partial charge in [0.1, 0.15) is 0 Å². The predicted octanol–water partition coefficient (Wildman–Crippen LogP) is -0.812. The Hall–Kier alpha value is 0.160. The SMILES string of the molecule is O=[SH](=O)ONCl. The Morgan fingerprint density at radius 3 is 2.17 bits per heavy atom. The lowest BCUT2D eigenvalue weighted by Gasteiger charge is -1.77. The summed E-state index contributed by atoms with van der Waals surface area (Å²) in [6.45, 7) is 0. The van der Waals surface area contributed by atoms with Crippen molar-refractivity contribution < 1.29 is 12.7 Å². The minimum atomic E-state index is -2.84. The van der Waals surface area contributed by atoms with Gasteiger partial charge in [-0.05, 0) is 0 Å². The molecule has 0 unspecified atom stereocenters. The molecule has 0 aliphatic rings. The van der Waals surface area contributed by atoms with Gasteiger partial charge in [0, 0.05) is 11.8 Å². The van der Waals surface area contributed by atoms with E-state index in [2.05, 4.69) is 16.1 Å². The summed E-state index contributed by atoms with van der Waals surface area (Å²) in [6, 6.07) is 0. The average molecular weight is 132 g/mol. The monoisotopic (exact) mass is 131 g/mol. The number of nitrogens with one attached hydrogen (secondary N) is 1. The highest BCUT2D eigenvalue weighted by molar-refractivity contribution is 7.67. The smallest absolute Gasteiger partial charge is 0.201 e. The largest absolute Gasteiger partial charge is 0.274 e. The van der Waals surface area contributed by atoms with Crippen LogP contribution in [0.2, 0.25) is 0 Å². The third-order valence-corrected chi connectivity index (χ3v) is 0.534. The van der Waals surface area contributed by atoms with Crippen molar-refractivity contribution in [3.05, 3.63) is 0 Å². The van der Waals surface area contributed by atoms with Gasteiger partial charge in [0.25, 0.3) is 11.0 Å². The molecule has 0 aliphatic carbocycles. The van der Waals surface area contributed by atoms with E-state index in [4.69, 9.17) is 0 Å². The van der Waals surface area contributed by atoms with Crippen molar-refractivity contribution in [3.8, 4) is 0 Å². The van der Waals surface area contributed by atoms with E-state index in [-0.39, 0.29) is 0 Å². The molecule has 0 saturated heterocycles. The molecule has 0 fully saturated rings. The van der Waals surface area contributed by atoms with E-state index in [0.717, 1.165) is 0 Å². The van der Waals surface area contributed by atoms with Gasteiger partial charge < -0.3 is 0 Å². The summed E-state index contributed by atoms with van der Waals surface area (Å²) >= 11 is 4.54. The molecule has 0 bridgehead atoms. The highest BCUT2D eigenvalue weighted by Gasteiger charge is 1.72. The quantitative estimate of drug-likeness (QED) is 0.292. The summed E-state index contributed by atoms with van der Waals surface area (Å²) in [6.07, 6.45) is 0. The Morgan fingerprint density at radius 2 is 2.17 bits per heavy atom. The van der Waals surface area contributed by atoms with Gasteiger partial charge in [-0.25, -0.2) is 8.42 Å². The van der Waals surface area contributed by atoms with Crippen molar-refractivity contribution in [2.75, 3.05) is 0 Å². The third-order valence-electron chi connectivity index (χ3n) is 0.109. The molecule has 0 amide bonds. The van der Waals surface area contributed by atoms with E-state index < -0.39 is 11.0 Å². The summed E-state index contributed by atoms with van der Waals surface area (Å²) in [7, 11) is -2.84. The van der Waals surface area contributed by atoms with Crippen LogP contribution in [0.3, 0.4) is 0 Å². The first-order valence-corrected chi connectivity index (χ1v) is 2.41. The van der Waals surface area contributed by atoms with E-state index in [1.54, 1.807) is 0 Å². The number of rotatable bonds is 2. The molecule has 0 heterocycles. The molecule has 0 radical (unpaired) electrons. The van der Waals surface area contributed by atoms with Crippen molar-refractivity contribution in [1.29, 1.82) is 0 Å². The van der Waals surface area contributed by atoms with Gasteiger partial charge in [0.05, 0.1) is 0 Å². The maximum absolute atomic E-state index is 9.27. The minimum Gasteiger partial charge on any atom is -0.201 e. The molecule has 38 valence electrons. The fourth-order valence-corrected chi connectivity index (χ4v) is 0.254. The Kier molecular flexibility index (Phi) is 3.44. The number of hydrogen-bond acceptors (Lipinski definition) is 4. The number of thiol groups is 1. The van der Waals surface area contributed by atoms with Crippen molar-refractivity contribution in [1.82, 2.24) is 5.00 Å². The van der Waals surface area contributed by atoms with Crippen LogP contribution >= 0.6 is 11.8 Å². The molecular weight excluding hydrogens is 130 g/mol. The Bertz CT molecular complexity index is 78.8. The first kappa shape index (κ1) is 6.16. The fraction of sp³-hybridized carbons (Fsp3) is 0.